The van der Waals surface area contributed by atoms with E-state index < -0.39 is 0 Å². The molecule has 4 nitrogen and oxygen atoms in total. The third kappa shape index (κ3) is 2.54. The average molecular weight is 357 g/mol. The first-order chi connectivity index (χ1) is 8.94. The molecule has 0 saturated heterocycles. The predicted molar refractivity (Wildman–Crippen MR) is 85.3 cm³/mol. The van der Waals surface area contributed by atoms with Crippen LogP contribution in [0.2, 0.25) is 0 Å². The molecule has 0 amide bonds. The van der Waals surface area contributed by atoms with Gasteiger partial charge in [-0.2, -0.15) is 0 Å². The molecule has 3 rings (SSSR count). The summed E-state index contributed by atoms with van der Waals surface area (Å²) in [5, 5.41) is 6.49. The third-order valence-corrected chi connectivity index (χ3v) is 4.68. The fourth-order valence-electron chi connectivity index (χ4n) is 1.77. The highest BCUT2D eigenvalue weighted by Crippen LogP contribution is 2.35. The van der Waals surface area contributed by atoms with Crippen LogP contribution in [0.25, 0.3) is 15.7 Å². The molecule has 0 radical (unpaired) electrons. The Morgan fingerprint density at radius 3 is 2.79 bits per heavy atom. The molecule has 0 atom stereocenters. The lowest BCUT2D eigenvalue weighted by atomic mass is 10.1. The molecule has 0 bridgehead atoms. The second-order valence-electron chi connectivity index (χ2n) is 5.21. The number of aromatic nitrogens is 3. The van der Waals surface area contributed by atoms with Crippen molar-refractivity contribution < 1.29 is 0 Å². The van der Waals surface area contributed by atoms with E-state index in [1.54, 1.807) is 22.7 Å². The van der Waals surface area contributed by atoms with Crippen LogP contribution in [0.4, 0.5) is 5.82 Å². The van der Waals surface area contributed by atoms with Crippen LogP contribution in [-0.4, -0.2) is 19.9 Å². The smallest absolute Gasteiger partial charge is 0.195 e. The highest BCUT2D eigenvalue weighted by Gasteiger charge is 2.21. The number of hydrogen-bond acceptors (Lipinski definition) is 5. The standard InChI is InChI=1S/C12H13BrN4S2/c1-12(2,3)16-9-8(10-14-6-7(13)19-10)15-11-17(9)4-5-18-11/h4-6,16H,1-3H3. The van der Waals surface area contributed by atoms with Crippen molar-refractivity contribution in [2.75, 3.05) is 5.32 Å². The molecule has 3 heterocycles. The van der Waals surface area contributed by atoms with E-state index in [-0.39, 0.29) is 5.54 Å². The van der Waals surface area contributed by atoms with Crippen LogP contribution in [0.1, 0.15) is 20.8 Å². The molecule has 0 fully saturated rings. The SMILES string of the molecule is CC(C)(C)Nc1c(-c2ncc(Br)s2)nc2sccn12. The molecular formula is C12H13BrN4S2. The van der Waals surface area contributed by atoms with Crippen molar-refractivity contribution in [3.63, 3.8) is 0 Å². The van der Waals surface area contributed by atoms with Gasteiger partial charge in [-0.1, -0.05) is 0 Å². The lowest BCUT2D eigenvalue weighted by Gasteiger charge is -2.21. The zero-order valence-electron chi connectivity index (χ0n) is 10.8. The van der Waals surface area contributed by atoms with Crippen LogP contribution in [0, 0.1) is 0 Å². The minimum Gasteiger partial charge on any atom is -0.365 e. The average Bonchev–Trinajstić information content (AvgIpc) is 2.94. The topological polar surface area (TPSA) is 42.2 Å². The molecule has 0 aromatic carbocycles. The maximum absolute atomic E-state index is 4.69. The summed E-state index contributed by atoms with van der Waals surface area (Å²) in [5.74, 6) is 1.01. The molecule has 1 N–H and O–H groups in total. The van der Waals surface area contributed by atoms with Gasteiger partial charge in [0.1, 0.15) is 16.5 Å². The number of halogens is 1. The Kier molecular flexibility index (Phi) is 3.15. The van der Waals surface area contributed by atoms with Gasteiger partial charge in [0, 0.05) is 17.1 Å². The Balaban J connectivity index is 2.18. The molecule has 0 unspecified atom stereocenters. The Labute approximate surface area is 127 Å². The minimum atomic E-state index is -0.0266. The summed E-state index contributed by atoms with van der Waals surface area (Å²) in [6.45, 7) is 6.42. The largest absolute Gasteiger partial charge is 0.365 e. The molecule has 100 valence electrons. The van der Waals surface area contributed by atoms with Gasteiger partial charge in [0.15, 0.2) is 4.96 Å². The Hall–Kier alpha value is -0.920. The third-order valence-electron chi connectivity index (χ3n) is 2.44. The molecule has 0 saturated carbocycles. The van der Waals surface area contributed by atoms with Crippen LogP contribution in [-0.2, 0) is 0 Å². The molecule has 0 aliphatic rings. The Morgan fingerprint density at radius 1 is 1.37 bits per heavy atom. The van der Waals surface area contributed by atoms with Gasteiger partial charge in [-0.3, -0.25) is 4.40 Å². The summed E-state index contributed by atoms with van der Waals surface area (Å²) in [4.78, 5) is 10.1. The van der Waals surface area contributed by atoms with Gasteiger partial charge in [0.2, 0.25) is 0 Å². The summed E-state index contributed by atoms with van der Waals surface area (Å²) in [6, 6.07) is 0. The quantitative estimate of drug-likeness (QED) is 0.735. The molecular weight excluding hydrogens is 344 g/mol. The summed E-state index contributed by atoms with van der Waals surface area (Å²) in [6.07, 6.45) is 3.85. The molecule has 3 aromatic rings. The summed E-state index contributed by atoms with van der Waals surface area (Å²) in [7, 11) is 0. The highest BCUT2D eigenvalue weighted by atomic mass is 79.9. The van der Waals surface area contributed by atoms with Crippen molar-refractivity contribution in [3.8, 4) is 10.7 Å². The minimum absolute atomic E-state index is 0.0266. The van der Waals surface area contributed by atoms with Crippen LogP contribution in [0.15, 0.2) is 21.6 Å². The van der Waals surface area contributed by atoms with Crippen molar-refractivity contribution in [1.82, 2.24) is 14.4 Å². The van der Waals surface area contributed by atoms with E-state index in [1.165, 1.54) is 0 Å². The van der Waals surface area contributed by atoms with Crippen molar-refractivity contribution in [3.05, 3.63) is 21.6 Å². The fraction of sp³-hybridized carbons (Fsp3) is 0.333. The van der Waals surface area contributed by atoms with E-state index in [9.17, 15) is 0 Å². The predicted octanol–water partition coefficient (Wildman–Crippen LogP) is 4.49. The number of rotatable bonds is 2. The normalized spacial score (nSPS) is 12.2. The second-order valence-corrected chi connectivity index (χ2v) is 8.49. The maximum Gasteiger partial charge on any atom is 0.195 e. The highest BCUT2D eigenvalue weighted by molar-refractivity contribution is 9.11. The van der Waals surface area contributed by atoms with Crippen molar-refractivity contribution in [2.24, 2.45) is 0 Å². The molecule has 0 aliphatic carbocycles. The zero-order chi connectivity index (χ0) is 13.6. The second kappa shape index (κ2) is 4.57. The number of nitrogens with one attached hydrogen (secondary N) is 1. The van der Waals surface area contributed by atoms with Gasteiger partial charge in [-0.25, -0.2) is 9.97 Å². The van der Waals surface area contributed by atoms with Crippen molar-refractivity contribution in [2.45, 2.75) is 26.3 Å². The maximum atomic E-state index is 4.69. The van der Waals surface area contributed by atoms with Gasteiger partial charge in [0.05, 0.1) is 9.98 Å². The van der Waals surface area contributed by atoms with Gasteiger partial charge in [-0.15, -0.1) is 22.7 Å². The van der Waals surface area contributed by atoms with Crippen LogP contribution in [0.5, 0.6) is 0 Å². The monoisotopic (exact) mass is 356 g/mol. The summed E-state index contributed by atoms with van der Waals surface area (Å²) < 4.78 is 3.10. The van der Waals surface area contributed by atoms with E-state index in [1.807, 2.05) is 17.8 Å². The fourth-order valence-corrected chi connectivity index (χ4v) is 3.68. The van der Waals surface area contributed by atoms with Crippen molar-refractivity contribution >= 4 is 49.4 Å². The van der Waals surface area contributed by atoms with Gasteiger partial charge >= 0.3 is 0 Å². The van der Waals surface area contributed by atoms with Gasteiger partial charge in [-0.05, 0) is 36.7 Å². The first-order valence-corrected chi connectivity index (χ1v) is 8.28. The van der Waals surface area contributed by atoms with E-state index in [2.05, 4.69) is 56.4 Å². The molecule has 3 aromatic heterocycles. The van der Waals surface area contributed by atoms with Gasteiger partial charge < -0.3 is 5.32 Å². The van der Waals surface area contributed by atoms with E-state index in [0.29, 0.717) is 0 Å². The molecule has 19 heavy (non-hydrogen) atoms. The lowest BCUT2D eigenvalue weighted by Crippen LogP contribution is -2.27. The first kappa shape index (κ1) is 13.1. The summed E-state index contributed by atoms with van der Waals surface area (Å²) >= 11 is 6.67. The zero-order valence-corrected chi connectivity index (χ0v) is 14.0. The van der Waals surface area contributed by atoms with E-state index >= 15 is 0 Å². The van der Waals surface area contributed by atoms with E-state index in [4.69, 9.17) is 0 Å². The van der Waals surface area contributed by atoms with Crippen LogP contribution >= 0.6 is 38.6 Å². The number of hydrogen-bond donors (Lipinski definition) is 1. The van der Waals surface area contributed by atoms with Crippen LogP contribution in [0.3, 0.4) is 0 Å². The van der Waals surface area contributed by atoms with E-state index in [0.717, 1.165) is 25.3 Å². The van der Waals surface area contributed by atoms with Crippen LogP contribution < -0.4 is 5.32 Å². The number of nitrogens with zero attached hydrogens (tertiary/aromatic N) is 3. The first-order valence-electron chi connectivity index (χ1n) is 5.79. The molecule has 0 aliphatic heterocycles. The Morgan fingerprint density at radius 2 is 2.16 bits per heavy atom. The lowest BCUT2D eigenvalue weighted by molar-refractivity contribution is 0.630. The van der Waals surface area contributed by atoms with Crippen molar-refractivity contribution in [1.29, 1.82) is 0 Å². The van der Waals surface area contributed by atoms with Gasteiger partial charge in [0.25, 0.3) is 0 Å². The number of thiazole rings is 2. The number of imidazole rings is 1. The number of anilines is 1. The number of fused-ring (bicyclic) bond motifs is 1. The Bertz CT molecular complexity index is 720. The molecule has 7 heteroatoms. The summed E-state index contributed by atoms with van der Waals surface area (Å²) in [5.41, 5.74) is 0.888. The molecule has 0 spiro atoms.